The summed E-state index contributed by atoms with van der Waals surface area (Å²) in [4.78, 5) is 0.342. The lowest BCUT2D eigenvalue weighted by atomic mass is 10.0. The number of rotatable bonds is 8. The third kappa shape index (κ3) is 5.00. The minimum absolute atomic E-state index is 0.142. The van der Waals surface area contributed by atoms with Crippen LogP contribution in [0.5, 0.6) is 0 Å². The SMILES string of the molecule is CCC(C)CC(C)Nc1ccc(S(=O)(=O)NC2CC2)cc1. The second-order valence-corrected chi connectivity index (χ2v) is 7.93. The van der Waals surface area contributed by atoms with Gasteiger partial charge in [-0.2, -0.15) is 0 Å². The summed E-state index contributed by atoms with van der Waals surface area (Å²) in [6, 6.07) is 7.55. The standard InChI is InChI=1S/C16H26N2O2S/c1-4-12(2)11-13(3)17-14-7-9-16(10-8-14)21(19,20)18-15-5-6-15/h7-10,12-13,15,17-18H,4-6,11H2,1-3H3. The first-order valence-electron chi connectivity index (χ1n) is 7.79. The number of benzene rings is 1. The predicted octanol–water partition coefficient (Wildman–Crippen LogP) is 3.36. The van der Waals surface area contributed by atoms with Gasteiger partial charge in [-0.15, -0.1) is 0 Å². The van der Waals surface area contributed by atoms with E-state index in [1.54, 1.807) is 12.1 Å². The van der Waals surface area contributed by atoms with Crippen LogP contribution in [0.2, 0.25) is 0 Å². The van der Waals surface area contributed by atoms with Gasteiger partial charge in [-0.25, -0.2) is 13.1 Å². The normalized spacial score (nSPS) is 18.2. The average Bonchev–Trinajstić information content (AvgIpc) is 3.22. The van der Waals surface area contributed by atoms with Gasteiger partial charge in [0, 0.05) is 17.8 Å². The number of hydrogen-bond acceptors (Lipinski definition) is 3. The van der Waals surface area contributed by atoms with Crippen molar-refractivity contribution in [3.05, 3.63) is 24.3 Å². The van der Waals surface area contributed by atoms with Crippen molar-refractivity contribution >= 4 is 15.7 Å². The van der Waals surface area contributed by atoms with Gasteiger partial charge in [0.1, 0.15) is 0 Å². The molecule has 5 heteroatoms. The molecular formula is C16H26N2O2S. The van der Waals surface area contributed by atoms with Gasteiger partial charge in [0.05, 0.1) is 4.90 Å². The molecule has 2 atom stereocenters. The molecule has 2 N–H and O–H groups in total. The van der Waals surface area contributed by atoms with Gasteiger partial charge in [0.2, 0.25) is 10.0 Å². The Morgan fingerprint density at radius 1 is 1.19 bits per heavy atom. The molecule has 0 bridgehead atoms. The molecule has 0 saturated heterocycles. The highest BCUT2D eigenvalue weighted by molar-refractivity contribution is 7.89. The summed E-state index contributed by atoms with van der Waals surface area (Å²) < 4.78 is 26.8. The fourth-order valence-electron chi connectivity index (χ4n) is 2.33. The summed E-state index contributed by atoms with van der Waals surface area (Å²) in [7, 11) is -3.34. The minimum Gasteiger partial charge on any atom is -0.383 e. The zero-order chi connectivity index (χ0) is 15.5. The Labute approximate surface area is 128 Å². The summed E-state index contributed by atoms with van der Waals surface area (Å²) in [5.41, 5.74) is 0.969. The summed E-state index contributed by atoms with van der Waals surface area (Å²) in [6.45, 7) is 6.60. The van der Waals surface area contributed by atoms with Gasteiger partial charge in [-0.3, -0.25) is 0 Å². The van der Waals surface area contributed by atoms with Crippen LogP contribution in [-0.2, 0) is 10.0 Å². The molecule has 118 valence electrons. The highest BCUT2D eigenvalue weighted by Crippen LogP contribution is 2.23. The zero-order valence-corrected chi connectivity index (χ0v) is 13.9. The molecule has 0 radical (unpaired) electrons. The lowest BCUT2D eigenvalue weighted by Gasteiger charge is -2.18. The second-order valence-electron chi connectivity index (χ2n) is 6.21. The van der Waals surface area contributed by atoms with Crippen molar-refractivity contribution in [1.29, 1.82) is 0 Å². The van der Waals surface area contributed by atoms with Crippen LogP contribution >= 0.6 is 0 Å². The molecule has 2 rings (SSSR count). The van der Waals surface area contributed by atoms with Crippen molar-refractivity contribution in [3.8, 4) is 0 Å². The van der Waals surface area contributed by atoms with E-state index < -0.39 is 10.0 Å². The van der Waals surface area contributed by atoms with Crippen molar-refractivity contribution in [2.45, 2.75) is 63.4 Å². The van der Waals surface area contributed by atoms with E-state index in [0.29, 0.717) is 16.9 Å². The molecule has 0 spiro atoms. The van der Waals surface area contributed by atoms with Crippen molar-refractivity contribution < 1.29 is 8.42 Å². The van der Waals surface area contributed by atoms with E-state index in [-0.39, 0.29) is 6.04 Å². The number of hydrogen-bond donors (Lipinski definition) is 2. The summed E-state index contributed by atoms with van der Waals surface area (Å²) in [5, 5.41) is 3.42. The van der Waals surface area contributed by atoms with Crippen LogP contribution in [0.25, 0.3) is 0 Å². The van der Waals surface area contributed by atoms with Crippen LogP contribution in [0.15, 0.2) is 29.2 Å². The first-order valence-corrected chi connectivity index (χ1v) is 9.28. The van der Waals surface area contributed by atoms with E-state index in [1.807, 2.05) is 12.1 Å². The summed E-state index contributed by atoms with van der Waals surface area (Å²) in [6.07, 6.45) is 4.19. The van der Waals surface area contributed by atoms with Crippen LogP contribution in [0.3, 0.4) is 0 Å². The summed E-state index contributed by atoms with van der Waals surface area (Å²) in [5.74, 6) is 0.690. The Morgan fingerprint density at radius 2 is 1.81 bits per heavy atom. The monoisotopic (exact) mass is 310 g/mol. The predicted molar refractivity (Wildman–Crippen MR) is 86.9 cm³/mol. The van der Waals surface area contributed by atoms with Crippen molar-refractivity contribution in [2.24, 2.45) is 5.92 Å². The molecular weight excluding hydrogens is 284 g/mol. The number of anilines is 1. The highest BCUT2D eigenvalue weighted by atomic mass is 32.2. The van der Waals surface area contributed by atoms with Gasteiger partial charge in [0.25, 0.3) is 0 Å². The molecule has 1 saturated carbocycles. The molecule has 1 aliphatic rings. The topological polar surface area (TPSA) is 58.2 Å². The molecule has 1 fully saturated rings. The van der Waals surface area contributed by atoms with E-state index in [4.69, 9.17) is 0 Å². The average molecular weight is 310 g/mol. The molecule has 1 aliphatic carbocycles. The van der Waals surface area contributed by atoms with E-state index >= 15 is 0 Å². The maximum Gasteiger partial charge on any atom is 0.240 e. The molecule has 0 amide bonds. The maximum absolute atomic E-state index is 12.1. The van der Waals surface area contributed by atoms with Crippen LogP contribution in [0, 0.1) is 5.92 Å². The maximum atomic E-state index is 12.1. The molecule has 0 heterocycles. The third-order valence-corrected chi connectivity index (χ3v) is 5.47. The number of nitrogens with one attached hydrogen (secondary N) is 2. The second kappa shape index (κ2) is 6.79. The van der Waals surface area contributed by atoms with E-state index in [9.17, 15) is 8.42 Å². The fraction of sp³-hybridized carbons (Fsp3) is 0.625. The summed E-state index contributed by atoms with van der Waals surface area (Å²) >= 11 is 0. The zero-order valence-electron chi connectivity index (χ0n) is 13.1. The van der Waals surface area contributed by atoms with Crippen LogP contribution < -0.4 is 10.0 Å². The van der Waals surface area contributed by atoms with Gasteiger partial charge >= 0.3 is 0 Å². The smallest absolute Gasteiger partial charge is 0.240 e. The molecule has 0 aromatic heterocycles. The van der Waals surface area contributed by atoms with Gasteiger partial charge in [-0.1, -0.05) is 20.3 Å². The lowest BCUT2D eigenvalue weighted by Crippen LogP contribution is -2.25. The third-order valence-electron chi connectivity index (χ3n) is 3.93. The molecule has 1 aromatic carbocycles. The van der Waals surface area contributed by atoms with Crippen molar-refractivity contribution in [1.82, 2.24) is 4.72 Å². The Morgan fingerprint density at radius 3 is 2.33 bits per heavy atom. The molecule has 21 heavy (non-hydrogen) atoms. The largest absolute Gasteiger partial charge is 0.383 e. The fourth-order valence-corrected chi connectivity index (χ4v) is 3.64. The molecule has 1 aromatic rings. The highest BCUT2D eigenvalue weighted by Gasteiger charge is 2.27. The van der Waals surface area contributed by atoms with Crippen LogP contribution in [0.1, 0.15) is 46.5 Å². The molecule has 0 aliphatic heterocycles. The minimum atomic E-state index is -3.34. The van der Waals surface area contributed by atoms with E-state index in [1.165, 1.54) is 6.42 Å². The lowest BCUT2D eigenvalue weighted by molar-refractivity contribution is 0.484. The van der Waals surface area contributed by atoms with E-state index in [2.05, 4.69) is 30.8 Å². The molecule has 4 nitrogen and oxygen atoms in total. The van der Waals surface area contributed by atoms with Gasteiger partial charge < -0.3 is 5.32 Å². The Kier molecular flexibility index (Phi) is 5.27. The Bertz CT molecular complexity index is 550. The van der Waals surface area contributed by atoms with Crippen LogP contribution in [0.4, 0.5) is 5.69 Å². The first-order chi connectivity index (χ1) is 9.90. The Hall–Kier alpha value is -1.07. The Balaban J connectivity index is 1.95. The van der Waals surface area contributed by atoms with Crippen LogP contribution in [-0.4, -0.2) is 20.5 Å². The first kappa shape index (κ1) is 16.3. The number of sulfonamides is 1. The van der Waals surface area contributed by atoms with E-state index in [0.717, 1.165) is 24.9 Å². The quantitative estimate of drug-likeness (QED) is 0.774. The van der Waals surface area contributed by atoms with Crippen molar-refractivity contribution in [2.75, 3.05) is 5.32 Å². The van der Waals surface area contributed by atoms with Crippen molar-refractivity contribution in [3.63, 3.8) is 0 Å². The molecule has 2 unspecified atom stereocenters. The van der Waals surface area contributed by atoms with Gasteiger partial charge in [0.15, 0.2) is 0 Å². The van der Waals surface area contributed by atoms with Gasteiger partial charge in [-0.05, 0) is 56.4 Å².